The number of rotatable bonds is 1. The van der Waals surface area contributed by atoms with Gasteiger partial charge in [-0.3, -0.25) is 0 Å². The summed E-state index contributed by atoms with van der Waals surface area (Å²) >= 11 is 0. The molecule has 0 spiro atoms. The summed E-state index contributed by atoms with van der Waals surface area (Å²) in [6, 6.07) is 0. The Kier molecular flexibility index (Phi) is 3.44. The topological polar surface area (TPSA) is 20.2 Å². The number of hydrogen-bond donors (Lipinski definition) is 1. The highest BCUT2D eigenvalue weighted by Gasteiger charge is 2.57. The molecule has 21 heavy (non-hydrogen) atoms. The molecule has 0 amide bonds. The summed E-state index contributed by atoms with van der Waals surface area (Å²) in [5.41, 5.74) is 4.07. The van der Waals surface area contributed by atoms with Gasteiger partial charge < -0.3 is 5.11 Å². The number of allylic oxidation sites excluding steroid dienone is 2. The highest BCUT2D eigenvalue weighted by Crippen LogP contribution is 2.62. The van der Waals surface area contributed by atoms with Crippen LogP contribution in [-0.4, -0.2) is 10.7 Å². The zero-order valence-corrected chi connectivity index (χ0v) is 14.4. The molecule has 0 radical (unpaired) electrons. The van der Waals surface area contributed by atoms with Gasteiger partial charge in [-0.05, 0) is 68.3 Å². The van der Waals surface area contributed by atoms with Crippen LogP contribution >= 0.6 is 0 Å². The van der Waals surface area contributed by atoms with Crippen LogP contribution in [0.1, 0.15) is 79.1 Å². The Morgan fingerprint density at radius 3 is 2.43 bits per heavy atom. The van der Waals surface area contributed by atoms with Crippen LogP contribution in [0.3, 0.4) is 0 Å². The van der Waals surface area contributed by atoms with E-state index >= 15 is 0 Å². The molecule has 0 unspecified atom stereocenters. The zero-order chi connectivity index (χ0) is 15.5. The standard InChI is InChI=1S/C20H32O/c1-14(2)16-8-11-18(4)13-20(21)15(3)7-6-10-19(20,5)12-9-17(16)18/h14,21H,3,6-13H2,1-2,4-5H3/t18-,19+,20+/m0/s1. The third-order valence-electron chi connectivity index (χ3n) is 7.12. The average Bonchev–Trinajstić information content (AvgIpc) is 2.67. The maximum Gasteiger partial charge on any atom is 0.0915 e. The number of fused-ring (bicyclic) bond motifs is 2. The van der Waals surface area contributed by atoms with Gasteiger partial charge in [0.05, 0.1) is 5.60 Å². The Balaban J connectivity index is 2.07. The first-order valence-electron chi connectivity index (χ1n) is 8.85. The minimum absolute atomic E-state index is 0.0325. The van der Waals surface area contributed by atoms with Crippen LogP contribution in [0.2, 0.25) is 0 Å². The molecule has 3 aliphatic rings. The monoisotopic (exact) mass is 288 g/mol. The third kappa shape index (κ3) is 2.07. The molecule has 0 saturated heterocycles. The van der Waals surface area contributed by atoms with Gasteiger partial charge in [-0.15, -0.1) is 0 Å². The van der Waals surface area contributed by atoms with Crippen molar-refractivity contribution < 1.29 is 5.11 Å². The molecule has 2 saturated carbocycles. The first-order chi connectivity index (χ1) is 9.72. The number of aliphatic hydroxyl groups is 1. The quantitative estimate of drug-likeness (QED) is 0.640. The smallest absolute Gasteiger partial charge is 0.0915 e. The van der Waals surface area contributed by atoms with Crippen LogP contribution in [0.25, 0.3) is 0 Å². The normalized spacial score (nSPS) is 43.8. The van der Waals surface area contributed by atoms with Gasteiger partial charge in [0.1, 0.15) is 0 Å². The SMILES string of the molecule is C=C1CCC[C@]2(C)CCC3=C(C(C)C)CC[C@@]3(C)C[C@@]12O. The molecule has 2 fully saturated rings. The Hall–Kier alpha value is -0.560. The van der Waals surface area contributed by atoms with E-state index in [0.717, 1.165) is 31.3 Å². The molecule has 1 heteroatoms. The Morgan fingerprint density at radius 1 is 1.05 bits per heavy atom. The zero-order valence-electron chi connectivity index (χ0n) is 14.4. The van der Waals surface area contributed by atoms with Crippen LogP contribution in [-0.2, 0) is 0 Å². The lowest BCUT2D eigenvalue weighted by atomic mass is 9.58. The fraction of sp³-hybridized carbons (Fsp3) is 0.800. The van der Waals surface area contributed by atoms with Crippen LogP contribution in [0.15, 0.2) is 23.3 Å². The Bertz CT molecular complexity index is 500. The molecule has 3 aliphatic carbocycles. The van der Waals surface area contributed by atoms with E-state index in [9.17, 15) is 5.11 Å². The summed E-state index contributed by atoms with van der Waals surface area (Å²) < 4.78 is 0. The van der Waals surface area contributed by atoms with Crippen molar-refractivity contribution in [3.8, 4) is 0 Å². The van der Waals surface area contributed by atoms with Crippen molar-refractivity contribution in [2.75, 3.05) is 0 Å². The molecule has 3 atom stereocenters. The van der Waals surface area contributed by atoms with Crippen LogP contribution in [0, 0.1) is 16.7 Å². The lowest BCUT2D eigenvalue weighted by Crippen LogP contribution is -2.51. The molecule has 0 aromatic rings. The molecule has 118 valence electrons. The van der Waals surface area contributed by atoms with Crippen molar-refractivity contribution in [2.45, 2.75) is 84.7 Å². The second-order valence-corrected chi connectivity index (χ2v) is 8.77. The summed E-state index contributed by atoms with van der Waals surface area (Å²) in [6.07, 6.45) is 9.05. The van der Waals surface area contributed by atoms with Crippen LogP contribution in [0.4, 0.5) is 0 Å². The Morgan fingerprint density at radius 2 is 1.76 bits per heavy atom. The molecule has 0 aromatic heterocycles. The van der Waals surface area contributed by atoms with Crippen molar-refractivity contribution in [3.05, 3.63) is 23.3 Å². The molecule has 0 heterocycles. The van der Waals surface area contributed by atoms with Gasteiger partial charge in [0.25, 0.3) is 0 Å². The molecule has 1 N–H and O–H groups in total. The van der Waals surface area contributed by atoms with Gasteiger partial charge in [-0.2, -0.15) is 0 Å². The van der Waals surface area contributed by atoms with E-state index in [4.69, 9.17) is 0 Å². The maximum absolute atomic E-state index is 11.6. The van der Waals surface area contributed by atoms with E-state index in [0.29, 0.717) is 5.92 Å². The van der Waals surface area contributed by atoms with E-state index in [-0.39, 0.29) is 10.8 Å². The van der Waals surface area contributed by atoms with E-state index in [1.54, 1.807) is 11.1 Å². The fourth-order valence-electron chi connectivity index (χ4n) is 5.56. The van der Waals surface area contributed by atoms with E-state index in [2.05, 4.69) is 34.3 Å². The molecule has 1 nitrogen and oxygen atoms in total. The van der Waals surface area contributed by atoms with E-state index in [1.807, 2.05) is 0 Å². The first kappa shape index (κ1) is 15.3. The lowest BCUT2D eigenvalue weighted by molar-refractivity contribution is -0.0851. The molecular formula is C20H32O. The molecule has 0 aliphatic heterocycles. The van der Waals surface area contributed by atoms with Crippen molar-refractivity contribution >= 4 is 0 Å². The molecule has 3 rings (SSSR count). The summed E-state index contributed by atoms with van der Waals surface area (Å²) in [5, 5.41) is 11.6. The minimum Gasteiger partial charge on any atom is -0.385 e. The van der Waals surface area contributed by atoms with Gasteiger partial charge >= 0.3 is 0 Å². The van der Waals surface area contributed by atoms with Gasteiger partial charge in [0.2, 0.25) is 0 Å². The summed E-state index contributed by atoms with van der Waals surface area (Å²) in [7, 11) is 0. The van der Waals surface area contributed by atoms with E-state index in [1.165, 1.54) is 25.7 Å². The van der Waals surface area contributed by atoms with Crippen molar-refractivity contribution in [1.82, 2.24) is 0 Å². The lowest BCUT2D eigenvalue weighted by Gasteiger charge is -2.51. The van der Waals surface area contributed by atoms with Crippen molar-refractivity contribution in [3.63, 3.8) is 0 Å². The molecule has 0 aromatic carbocycles. The molecule has 0 bridgehead atoms. The van der Waals surface area contributed by atoms with Gasteiger partial charge in [-0.1, -0.05) is 45.4 Å². The summed E-state index contributed by atoms with van der Waals surface area (Å²) in [6.45, 7) is 13.7. The van der Waals surface area contributed by atoms with E-state index < -0.39 is 5.60 Å². The second kappa shape index (κ2) is 4.72. The summed E-state index contributed by atoms with van der Waals surface area (Å²) in [5.74, 6) is 0.660. The van der Waals surface area contributed by atoms with Gasteiger partial charge in [0.15, 0.2) is 0 Å². The second-order valence-electron chi connectivity index (χ2n) is 8.77. The largest absolute Gasteiger partial charge is 0.385 e. The van der Waals surface area contributed by atoms with Crippen LogP contribution in [0.5, 0.6) is 0 Å². The van der Waals surface area contributed by atoms with Gasteiger partial charge in [0, 0.05) is 5.41 Å². The molecular weight excluding hydrogens is 256 g/mol. The third-order valence-corrected chi connectivity index (χ3v) is 7.12. The highest BCUT2D eigenvalue weighted by molar-refractivity contribution is 5.35. The predicted molar refractivity (Wildman–Crippen MR) is 89.1 cm³/mol. The highest BCUT2D eigenvalue weighted by atomic mass is 16.3. The number of hydrogen-bond acceptors (Lipinski definition) is 1. The van der Waals surface area contributed by atoms with Gasteiger partial charge in [-0.25, -0.2) is 0 Å². The first-order valence-corrected chi connectivity index (χ1v) is 8.85. The predicted octanol–water partition coefficient (Wildman–Crippen LogP) is 5.40. The maximum atomic E-state index is 11.6. The van der Waals surface area contributed by atoms with Crippen molar-refractivity contribution in [2.24, 2.45) is 16.7 Å². The van der Waals surface area contributed by atoms with Crippen LogP contribution < -0.4 is 0 Å². The minimum atomic E-state index is -0.645. The average molecular weight is 288 g/mol. The Labute approximate surface area is 130 Å². The summed E-state index contributed by atoms with van der Waals surface area (Å²) in [4.78, 5) is 0. The fourth-order valence-corrected chi connectivity index (χ4v) is 5.56. The van der Waals surface area contributed by atoms with Crippen molar-refractivity contribution in [1.29, 1.82) is 0 Å².